The number of carboxylic acids is 1. The summed E-state index contributed by atoms with van der Waals surface area (Å²) in [4.78, 5) is 34.7. The van der Waals surface area contributed by atoms with Gasteiger partial charge in [0.25, 0.3) is 0 Å². The zero-order valence-corrected chi connectivity index (χ0v) is 30.6. The molecule has 0 fully saturated rings. The van der Waals surface area contributed by atoms with Gasteiger partial charge in [0.2, 0.25) is 0 Å². The molecule has 0 aliphatic rings. The predicted octanol–water partition coefficient (Wildman–Crippen LogP) is 4.70. The number of anilines is 2. The number of hydrogen-bond donors (Lipinski definition) is 3. The summed E-state index contributed by atoms with van der Waals surface area (Å²) in [6.45, 7) is 9.01. The number of alkyl carbamates (subject to hydrolysis) is 1. The molecule has 0 saturated carbocycles. The van der Waals surface area contributed by atoms with Gasteiger partial charge in [0.1, 0.15) is 6.04 Å². The van der Waals surface area contributed by atoms with Crippen molar-refractivity contribution in [3.05, 3.63) is 84.9 Å². The van der Waals surface area contributed by atoms with Crippen molar-refractivity contribution >= 4 is 67.9 Å². The zero-order valence-electron chi connectivity index (χ0n) is 27.3. The van der Waals surface area contributed by atoms with Crippen molar-refractivity contribution < 1.29 is 37.4 Å². The minimum Gasteiger partial charge on any atom is -0.468 e. The summed E-state index contributed by atoms with van der Waals surface area (Å²) in [5.74, 6) is -1.22. The van der Waals surface area contributed by atoms with Gasteiger partial charge in [0, 0.05) is 0 Å². The summed E-state index contributed by atoms with van der Waals surface area (Å²) in [7, 11) is -1.27. The number of carboxylic acid groups (broad SMARTS) is 1. The number of para-hydroxylation sites is 2. The van der Waals surface area contributed by atoms with E-state index in [1.165, 1.54) is 21.6 Å². The van der Waals surface area contributed by atoms with E-state index in [9.17, 15) is 27.9 Å². The number of nitrogens with two attached hydrogens (primary N) is 1. The second-order valence-corrected chi connectivity index (χ2v) is 17.2. The minimum atomic E-state index is -3.95. The molecule has 11 nitrogen and oxygen atoms in total. The van der Waals surface area contributed by atoms with Crippen molar-refractivity contribution in [3.63, 3.8) is 0 Å². The molecule has 0 bridgehead atoms. The smallest absolute Gasteiger partial charge is 0.322 e. The van der Waals surface area contributed by atoms with Crippen LogP contribution in [0.1, 0.15) is 41.0 Å². The van der Waals surface area contributed by atoms with Crippen molar-refractivity contribution in [1.82, 2.24) is 5.32 Å². The Hall–Kier alpha value is -3.55. The van der Waals surface area contributed by atoms with E-state index in [-0.39, 0.29) is 36.4 Å². The fourth-order valence-corrected chi connectivity index (χ4v) is 9.60. The van der Waals surface area contributed by atoms with Crippen LogP contribution < -0.4 is 19.8 Å². The maximum absolute atomic E-state index is 13.8. The van der Waals surface area contributed by atoms with Gasteiger partial charge in [0.05, 0.1) is 7.11 Å². The van der Waals surface area contributed by atoms with Gasteiger partial charge in [-0.15, -0.1) is 0 Å². The van der Waals surface area contributed by atoms with Crippen LogP contribution in [-0.4, -0.2) is 75.9 Å². The summed E-state index contributed by atoms with van der Waals surface area (Å²) < 4.78 is 39.3. The summed E-state index contributed by atoms with van der Waals surface area (Å²) in [6.07, 6.45) is 0.0913. The zero-order chi connectivity index (χ0) is 35.2. The molecule has 0 heterocycles. The molecule has 1 amide bonds. The van der Waals surface area contributed by atoms with Gasteiger partial charge >= 0.3 is 233 Å². The minimum absolute atomic E-state index is 0.0830. The predicted molar refractivity (Wildman–Crippen MR) is 187 cm³/mol. The number of hydrogen-bond acceptors (Lipinski definition) is 9. The van der Waals surface area contributed by atoms with Crippen LogP contribution >= 0.6 is 10.2 Å². The number of ether oxygens (including phenoxy) is 2. The largest absolute Gasteiger partial charge is 0.468 e. The van der Waals surface area contributed by atoms with Crippen LogP contribution in [0.3, 0.4) is 0 Å². The SMILES string of the molecule is CC(C)(C)OC(=O)NC(CS[Se]c1ccccc1N(c1ccccc1)S(=O)(=O)c1ccccc1)C(=O)O.CCC(C)C(N)C(=O)OC. The number of esters is 1. The Morgan fingerprint density at radius 3 is 2.06 bits per heavy atom. The topological polar surface area (TPSA) is 165 Å². The summed E-state index contributed by atoms with van der Waals surface area (Å²) in [5, 5.41) is 12.0. The summed E-state index contributed by atoms with van der Waals surface area (Å²) >= 11 is -0.376. The number of methoxy groups -OCH3 is 1. The first-order valence-electron chi connectivity index (χ1n) is 14.7. The van der Waals surface area contributed by atoms with Crippen LogP contribution in [0.4, 0.5) is 16.2 Å². The third kappa shape index (κ3) is 12.5. The van der Waals surface area contributed by atoms with Crippen LogP contribution in [0.25, 0.3) is 0 Å². The Balaban J connectivity index is 0.000000663. The monoisotopic (exact) mass is 753 g/mol. The number of amides is 1. The molecule has 0 saturated heterocycles. The van der Waals surface area contributed by atoms with Crippen molar-refractivity contribution in [2.75, 3.05) is 17.2 Å². The van der Waals surface area contributed by atoms with E-state index in [0.29, 0.717) is 11.4 Å². The maximum Gasteiger partial charge on any atom is 0.322 e. The molecule has 256 valence electrons. The van der Waals surface area contributed by atoms with Gasteiger partial charge < -0.3 is 10.5 Å². The molecule has 4 N–H and O–H groups in total. The van der Waals surface area contributed by atoms with Gasteiger partial charge in [-0.05, 0) is 5.92 Å². The Bertz CT molecular complexity index is 1550. The van der Waals surface area contributed by atoms with Crippen molar-refractivity contribution in [2.45, 2.75) is 63.6 Å². The number of aliphatic carboxylic acids is 1. The Morgan fingerprint density at radius 2 is 1.53 bits per heavy atom. The molecule has 3 unspecified atom stereocenters. The average molecular weight is 753 g/mol. The van der Waals surface area contributed by atoms with Crippen molar-refractivity contribution in [1.29, 1.82) is 0 Å². The molecule has 0 radical (unpaired) electrons. The third-order valence-corrected chi connectivity index (χ3v) is 12.4. The summed E-state index contributed by atoms with van der Waals surface area (Å²) in [6, 6.07) is 22.5. The number of rotatable bonds is 13. The maximum atomic E-state index is 13.8. The fourth-order valence-electron chi connectivity index (χ4n) is 3.78. The van der Waals surface area contributed by atoms with Crippen LogP contribution in [-0.2, 0) is 29.1 Å². The molecule has 0 aromatic heterocycles. The van der Waals surface area contributed by atoms with Crippen LogP contribution in [0, 0.1) is 5.92 Å². The van der Waals surface area contributed by atoms with E-state index in [0.717, 1.165) is 10.9 Å². The molecule has 3 rings (SSSR count). The van der Waals surface area contributed by atoms with Gasteiger partial charge in [0.15, 0.2) is 0 Å². The van der Waals surface area contributed by atoms with Crippen LogP contribution in [0.5, 0.6) is 0 Å². The second-order valence-electron chi connectivity index (χ2n) is 11.2. The molecular formula is C33H43N3O8S2Se. The van der Waals surface area contributed by atoms with Gasteiger partial charge in [-0.3, -0.25) is 4.79 Å². The number of nitrogens with zero attached hydrogens (tertiary/aromatic N) is 1. The molecule has 14 heteroatoms. The molecule has 3 aromatic rings. The fraction of sp³-hybridized carbons (Fsp3) is 0.364. The van der Waals surface area contributed by atoms with E-state index in [4.69, 9.17) is 10.5 Å². The van der Waals surface area contributed by atoms with E-state index in [1.807, 2.05) is 32.0 Å². The van der Waals surface area contributed by atoms with Gasteiger partial charge in [-0.25, -0.2) is 0 Å². The summed E-state index contributed by atoms with van der Waals surface area (Å²) in [5.41, 5.74) is 5.72. The van der Waals surface area contributed by atoms with Crippen LogP contribution in [0.15, 0.2) is 89.8 Å². The molecular weight excluding hydrogens is 709 g/mol. The normalized spacial score (nSPS) is 13.2. The van der Waals surface area contributed by atoms with Gasteiger partial charge in [-0.1, -0.05) is 20.3 Å². The first kappa shape index (κ1) is 39.6. The third-order valence-electron chi connectivity index (χ3n) is 6.46. The number of carbonyl (C=O) groups excluding carboxylic acids is 2. The standard InChI is InChI=1S/C26H28N2O6S2Se.C7H15NO2/c1-26(2,3)34-25(31)27-21(24(29)30)18-35-37-23-17-11-10-16-22(23)28(19-12-6-4-7-13-19)36(32,33)20-14-8-5-9-15-20;1-4-5(2)6(8)7(9)10-3/h4-17,21H,18H2,1-3H3,(H,27,31)(H,29,30);5-6H,4,8H2,1-3H3. The van der Waals surface area contributed by atoms with Crippen molar-refractivity contribution in [3.8, 4) is 0 Å². The quantitative estimate of drug-likeness (QED) is 0.165. The Labute approximate surface area is 286 Å². The number of benzene rings is 3. The second kappa shape index (κ2) is 18.7. The molecule has 0 spiro atoms. The Morgan fingerprint density at radius 1 is 0.979 bits per heavy atom. The molecule has 3 aromatic carbocycles. The molecule has 47 heavy (non-hydrogen) atoms. The molecule has 0 aliphatic heterocycles. The first-order chi connectivity index (χ1) is 22.1. The molecule has 3 atom stereocenters. The first-order valence-corrected chi connectivity index (χ1v) is 20.0. The number of nitrogens with one attached hydrogen (secondary N) is 1. The Kier molecular flexibility index (Phi) is 15.8. The molecule has 0 aliphatic carbocycles. The van der Waals surface area contributed by atoms with Crippen LogP contribution in [0.2, 0.25) is 0 Å². The van der Waals surface area contributed by atoms with Crippen molar-refractivity contribution in [2.24, 2.45) is 11.7 Å². The van der Waals surface area contributed by atoms with Gasteiger partial charge in [-0.2, -0.15) is 0 Å². The van der Waals surface area contributed by atoms with E-state index in [1.54, 1.807) is 87.5 Å². The van der Waals surface area contributed by atoms with E-state index < -0.39 is 39.8 Å². The van der Waals surface area contributed by atoms with E-state index >= 15 is 0 Å². The average Bonchev–Trinajstić information content (AvgIpc) is 3.04. The number of sulfonamides is 1. The number of carbonyl (C=O) groups is 3. The van der Waals surface area contributed by atoms with E-state index in [2.05, 4.69) is 10.1 Å².